The minimum atomic E-state index is -0.786. The fourth-order valence-electron chi connectivity index (χ4n) is 7.47. The summed E-state index contributed by atoms with van der Waals surface area (Å²) in [6.45, 7) is 6.57. The number of rotatable bonds is 48. The summed E-state index contributed by atoms with van der Waals surface area (Å²) in [5.74, 6) is -0.916. The van der Waals surface area contributed by atoms with E-state index in [9.17, 15) is 14.4 Å². The van der Waals surface area contributed by atoms with Crippen molar-refractivity contribution in [1.82, 2.24) is 0 Å². The van der Waals surface area contributed by atoms with Crippen LogP contribution in [0.25, 0.3) is 0 Å². The van der Waals surface area contributed by atoms with Gasteiger partial charge in [0.2, 0.25) is 0 Å². The van der Waals surface area contributed by atoms with Gasteiger partial charge in [-0.1, -0.05) is 211 Å². The summed E-state index contributed by atoms with van der Waals surface area (Å²) in [5.41, 5.74) is 0. The summed E-state index contributed by atoms with van der Waals surface area (Å²) in [6.07, 6.45) is 61.0. The molecule has 0 spiro atoms. The molecule has 6 nitrogen and oxygen atoms in total. The molecule has 0 aromatic rings. The van der Waals surface area contributed by atoms with Crippen molar-refractivity contribution < 1.29 is 28.6 Å². The molecule has 62 heavy (non-hydrogen) atoms. The molecular formula is C56H100O6. The molecule has 0 aliphatic rings. The second kappa shape index (κ2) is 51.0. The van der Waals surface area contributed by atoms with E-state index in [-0.39, 0.29) is 31.1 Å². The lowest BCUT2D eigenvalue weighted by Crippen LogP contribution is -2.30. The fraction of sp³-hybridized carbons (Fsp3) is 0.804. The Balaban J connectivity index is 4.37. The van der Waals surface area contributed by atoms with Crippen molar-refractivity contribution in [2.75, 3.05) is 13.2 Å². The van der Waals surface area contributed by atoms with Gasteiger partial charge in [0.25, 0.3) is 0 Å². The van der Waals surface area contributed by atoms with Gasteiger partial charge in [-0.2, -0.15) is 0 Å². The molecule has 1 atom stereocenters. The summed E-state index contributed by atoms with van der Waals surface area (Å²) in [6, 6.07) is 0. The largest absolute Gasteiger partial charge is 0.462 e. The smallest absolute Gasteiger partial charge is 0.306 e. The highest BCUT2D eigenvalue weighted by atomic mass is 16.6. The quantitative estimate of drug-likeness (QED) is 0.0199. The Hall–Kier alpha value is -2.63. The zero-order valence-corrected chi connectivity index (χ0v) is 41.1. The molecule has 0 aliphatic carbocycles. The van der Waals surface area contributed by atoms with Gasteiger partial charge in [0.1, 0.15) is 13.2 Å². The number of esters is 3. The van der Waals surface area contributed by atoms with Gasteiger partial charge in [-0.15, -0.1) is 0 Å². The second-order valence-electron chi connectivity index (χ2n) is 17.8. The van der Waals surface area contributed by atoms with Crippen LogP contribution in [0.5, 0.6) is 0 Å². The number of allylic oxidation sites excluding steroid dienone is 8. The summed E-state index contributed by atoms with van der Waals surface area (Å²) in [7, 11) is 0. The number of carbonyl (C=O) groups excluding carboxylic acids is 3. The predicted molar refractivity (Wildman–Crippen MR) is 265 cm³/mol. The molecule has 0 amide bonds. The summed E-state index contributed by atoms with van der Waals surface area (Å²) >= 11 is 0. The van der Waals surface area contributed by atoms with E-state index >= 15 is 0 Å². The van der Waals surface area contributed by atoms with Crippen molar-refractivity contribution in [1.29, 1.82) is 0 Å². The number of hydrogen-bond donors (Lipinski definition) is 0. The molecule has 0 aliphatic heterocycles. The molecule has 1 unspecified atom stereocenters. The lowest BCUT2D eigenvalue weighted by atomic mass is 10.1. The third kappa shape index (κ3) is 48.4. The van der Waals surface area contributed by atoms with Crippen LogP contribution in [0.3, 0.4) is 0 Å². The van der Waals surface area contributed by atoms with Gasteiger partial charge >= 0.3 is 17.9 Å². The first-order valence-electron chi connectivity index (χ1n) is 26.7. The van der Waals surface area contributed by atoms with Crippen LogP contribution < -0.4 is 0 Å². The highest BCUT2D eigenvalue weighted by Gasteiger charge is 2.19. The minimum Gasteiger partial charge on any atom is -0.462 e. The van der Waals surface area contributed by atoms with Gasteiger partial charge in [-0.3, -0.25) is 14.4 Å². The van der Waals surface area contributed by atoms with E-state index in [1.165, 1.54) is 122 Å². The highest BCUT2D eigenvalue weighted by Crippen LogP contribution is 2.14. The molecule has 0 saturated heterocycles. The second-order valence-corrected chi connectivity index (χ2v) is 17.8. The Morgan fingerprint density at radius 1 is 0.323 bits per heavy atom. The van der Waals surface area contributed by atoms with Crippen LogP contribution in [-0.2, 0) is 28.6 Å². The first-order valence-corrected chi connectivity index (χ1v) is 26.7. The van der Waals surface area contributed by atoms with Crippen molar-refractivity contribution in [2.24, 2.45) is 0 Å². The predicted octanol–water partition coefficient (Wildman–Crippen LogP) is 17.5. The van der Waals surface area contributed by atoms with Crippen LogP contribution in [0.2, 0.25) is 0 Å². The third-order valence-corrected chi connectivity index (χ3v) is 11.6. The molecule has 0 N–H and O–H groups in total. The van der Waals surface area contributed by atoms with Gasteiger partial charge in [0.05, 0.1) is 0 Å². The Bertz CT molecular complexity index is 1090. The topological polar surface area (TPSA) is 78.9 Å². The van der Waals surface area contributed by atoms with Gasteiger partial charge < -0.3 is 14.2 Å². The first kappa shape index (κ1) is 59.4. The number of ether oxygens (including phenoxy) is 3. The molecule has 0 saturated carbocycles. The molecule has 0 bridgehead atoms. The Kier molecular flexibility index (Phi) is 48.8. The van der Waals surface area contributed by atoms with E-state index in [2.05, 4.69) is 69.4 Å². The number of unbranched alkanes of at least 4 members (excludes halogenated alkanes) is 30. The third-order valence-electron chi connectivity index (χ3n) is 11.6. The standard InChI is InChI=1S/C56H100O6/c1-4-7-10-13-16-19-22-24-26-28-29-31-32-34-37-40-43-46-49-55(58)61-52-53(51-60-54(57)48-45-42-39-36-21-18-15-12-9-6-3)62-56(59)50-47-44-41-38-35-33-30-27-25-23-20-17-14-11-8-5-2/h15,18,26-31,53H,4-14,16-17,19-25,32-52H2,1-3H3/b18-15-,28-26-,30-27-,31-29-. The van der Waals surface area contributed by atoms with Gasteiger partial charge in [-0.05, 0) is 89.9 Å². The summed E-state index contributed by atoms with van der Waals surface area (Å²) < 4.78 is 16.8. The van der Waals surface area contributed by atoms with E-state index in [0.717, 1.165) is 109 Å². The monoisotopic (exact) mass is 869 g/mol. The van der Waals surface area contributed by atoms with E-state index in [4.69, 9.17) is 14.2 Å². The molecule has 0 rings (SSSR count). The Labute approximate surface area is 384 Å². The molecule has 0 aromatic heterocycles. The van der Waals surface area contributed by atoms with Gasteiger partial charge in [0, 0.05) is 19.3 Å². The molecule has 0 fully saturated rings. The Morgan fingerprint density at radius 3 is 0.952 bits per heavy atom. The molecule has 0 heterocycles. The maximum absolute atomic E-state index is 12.8. The molecule has 6 heteroatoms. The van der Waals surface area contributed by atoms with E-state index in [1.807, 2.05) is 0 Å². The maximum Gasteiger partial charge on any atom is 0.306 e. The van der Waals surface area contributed by atoms with Crippen molar-refractivity contribution in [2.45, 2.75) is 277 Å². The lowest BCUT2D eigenvalue weighted by molar-refractivity contribution is -0.167. The van der Waals surface area contributed by atoms with Crippen LogP contribution in [0.1, 0.15) is 271 Å². The normalized spacial score (nSPS) is 12.4. The molecule has 360 valence electrons. The van der Waals surface area contributed by atoms with E-state index < -0.39 is 6.10 Å². The molecule has 0 radical (unpaired) electrons. The lowest BCUT2D eigenvalue weighted by Gasteiger charge is -2.18. The summed E-state index contributed by atoms with van der Waals surface area (Å²) in [4.78, 5) is 37.9. The van der Waals surface area contributed by atoms with Crippen LogP contribution in [-0.4, -0.2) is 37.2 Å². The fourth-order valence-corrected chi connectivity index (χ4v) is 7.47. The zero-order chi connectivity index (χ0) is 45.1. The van der Waals surface area contributed by atoms with Crippen molar-refractivity contribution in [3.05, 3.63) is 48.6 Å². The zero-order valence-electron chi connectivity index (χ0n) is 41.1. The van der Waals surface area contributed by atoms with E-state index in [0.29, 0.717) is 19.3 Å². The van der Waals surface area contributed by atoms with Crippen LogP contribution in [0, 0.1) is 0 Å². The van der Waals surface area contributed by atoms with Gasteiger partial charge in [-0.25, -0.2) is 0 Å². The summed E-state index contributed by atoms with van der Waals surface area (Å²) in [5, 5.41) is 0. The van der Waals surface area contributed by atoms with Crippen molar-refractivity contribution in [3.63, 3.8) is 0 Å². The van der Waals surface area contributed by atoms with Crippen LogP contribution in [0.15, 0.2) is 48.6 Å². The minimum absolute atomic E-state index is 0.0870. The van der Waals surface area contributed by atoms with Crippen molar-refractivity contribution >= 4 is 17.9 Å². The van der Waals surface area contributed by atoms with Crippen LogP contribution in [0.4, 0.5) is 0 Å². The van der Waals surface area contributed by atoms with E-state index in [1.54, 1.807) is 0 Å². The number of carbonyl (C=O) groups is 3. The maximum atomic E-state index is 12.8. The average molecular weight is 869 g/mol. The first-order chi connectivity index (χ1) is 30.5. The average Bonchev–Trinajstić information content (AvgIpc) is 3.27. The Morgan fingerprint density at radius 2 is 0.597 bits per heavy atom. The molecular weight excluding hydrogens is 769 g/mol. The SMILES string of the molecule is CCCC/C=C\CCCCCCC(=O)OCC(COC(=O)CCCCCCC/C=C\C=C/CCCCCCCCC)OC(=O)CCCCCCC/C=C\CCCCCCCCC. The highest BCUT2D eigenvalue weighted by molar-refractivity contribution is 5.71. The van der Waals surface area contributed by atoms with Crippen molar-refractivity contribution in [3.8, 4) is 0 Å². The number of hydrogen-bond acceptors (Lipinski definition) is 6. The molecule has 0 aromatic carbocycles. The van der Waals surface area contributed by atoms with Crippen LogP contribution >= 0.6 is 0 Å². The van der Waals surface area contributed by atoms with Gasteiger partial charge in [0.15, 0.2) is 6.10 Å².